The fourth-order valence-corrected chi connectivity index (χ4v) is 3.72. The van der Waals surface area contributed by atoms with Crippen LogP contribution in [0.4, 0.5) is 15.0 Å². The molecule has 28 heavy (non-hydrogen) atoms. The summed E-state index contributed by atoms with van der Waals surface area (Å²) in [6.07, 6.45) is 1.11. The molecule has 2 atom stereocenters. The molecule has 0 radical (unpaired) electrons. The van der Waals surface area contributed by atoms with Gasteiger partial charge in [0.2, 0.25) is 0 Å². The third-order valence-electron chi connectivity index (χ3n) is 4.67. The van der Waals surface area contributed by atoms with E-state index in [-0.39, 0.29) is 23.7 Å². The fraction of sp³-hybridized carbons (Fsp3) is 0.368. The van der Waals surface area contributed by atoms with E-state index < -0.39 is 6.17 Å². The second-order valence-corrected chi connectivity index (χ2v) is 7.92. The van der Waals surface area contributed by atoms with Gasteiger partial charge in [0, 0.05) is 29.7 Å². The number of nitrogens with zero attached hydrogens (tertiary/aromatic N) is 2. The Morgan fingerprint density at radius 2 is 2.11 bits per heavy atom. The van der Waals surface area contributed by atoms with E-state index in [4.69, 9.17) is 10.8 Å². The van der Waals surface area contributed by atoms with Gasteiger partial charge in [-0.25, -0.2) is 14.2 Å². The first-order valence-corrected chi connectivity index (χ1v) is 9.78. The van der Waals surface area contributed by atoms with Crippen molar-refractivity contribution in [2.45, 2.75) is 25.6 Å². The molecule has 0 unspecified atom stereocenters. The number of anilines is 1. The van der Waals surface area contributed by atoms with E-state index in [0.717, 1.165) is 22.5 Å². The molecule has 2 aromatic rings. The van der Waals surface area contributed by atoms with Crippen molar-refractivity contribution in [2.24, 2.45) is 0 Å². The average Bonchev–Trinajstić information content (AvgIpc) is 2.66. The van der Waals surface area contributed by atoms with E-state index in [0.29, 0.717) is 29.4 Å². The summed E-state index contributed by atoms with van der Waals surface area (Å²) in [5.41, 5.74) is 0.696. The van der Waals surface area contributed by atoms with Crippen molar-refractivity contribution in [3.8, 4) is 0 Å². The molecule has 7 nitrogen and oxygen atoms in total. The first-order valence-electron chi connectivity index (χ1n) is 8.96. The van der Waals surface area contributed by atoms with E-state index in [1.807, 2.05) is 18.2 Å². The second-order valence-electron chi connectivity index (χ2n) is 6.69. The summed E-state index contributed by atoms with van der Waals surface area (Å²) < 4.78 is 14.1. The standard InChI is InChI=1S/C19H23FN6OS/c1-11(21)28-18(22)12-3-4-13-9-24-17(8-14(13)7-12)25-19(27)26-6-5-16(23-2)15(20)10-26/h3-4,7-9,15-16,21-23H,5-6,10H2,1-2H3,(H,24,25,27)/t15-,16+/m0/s1. The summed E-state index contributed by atoms with van der Waals surface area (Å²) in [5, 5.41) is 23.6. The van der Waals surface area contributed by atoms with Crippen LogP contribution in [0.3, 0.4) is 0 Å². The highest BCUT2D eigenvalue weighted by molar-refractivity contribution is 8.26. The van der Waals surface area contributed by atoms with Crippen LogP contribution in [0.25, 0.3) is 10.8 Å². The average molecular weight is 402 g/mol. The van der Waals surface area contributed by atoms with Crippen LogP contribution in [0, 0.1) is 10.8 Å². The highest BCUT2D eigenvalue weighted by Crippen LogP contribution is 2.22. The Bertz CT molecular complexity index is 920. The van der Waals surface area contributed by atoms with Gasteiger partial charge in [0.15, 0.2) is 0 Å². The number of likely N-dealkylation sites (tertiary alicyclic amines) is 1. The first kappa shape index (κ1) is 20.2. The summed E-state index contributed by atoms with van der Waals surface area (Å²) in [7, 11) is 1.72. The Balaban J connectivity index is 1.73. The van der Waals surface area contributed by atoms with Gasteiger partial charge >= 0.3 is 6.03 Å². The number of aromatic nitrogens is 1. The predicted molar refractivity (Wildman–Crippen MR) is 113 cm³/mol. The molecule has 3 rings (SSSR count). The maximum absolute atomic E-state index is 14.1. The number of thioether (sulfide) groups is 1. The Hall–Kier alpha value is -2.52. The molecule has 1 aliphatic heterocycles. The Morgan fingerprint density at radius 3 is 2.79 bits per heavy atom. The molecule has 0 saturated carbocycles. The summed E-state index contributed by atoms with van der Waals surface area (Å²) in [6.45, 7) is 2.17. The number of alkyl halides is 1. The van der Waals surface area contributed by atoms with Gasteiger partial charge in [0.1, 0.15) is 17.0 Å². The first-order chi connectivity index (χ1) is 13.4. The van der Waals surface area contributed by atoms with Crippen molar-refractivity contribution in [2.75, 3.05) is 25.5 Å². The van der Waals surface area contributed by atoms with Gasteiger partial charge in [-0.05, 0) is 37.9 Å². The molecule has 1 aliphatic rings. The number of benzene rings is 1. The normalized spacial score (nSPS) is 19.5. The van der Waals surface area contributed by atoms with Crippen LogP contribution in [-0.4, -0.2) is 58.4 Å². The van der Waals surface area contributed by atoms with Gasteiger partial charge in [0.05, 0.1) is 11.6 Å². The number of hydrogen-bond donors (Lipinski definition) is 4. The lowest BCUT2D eigenvalue weighted by Gasteiger charge is -2.34. The molecule has 0 bridgehead atoms. The molecule has 148 valence electrons. The molecule has 4 N–H and O–H groups in total. The van der Waals surface area contributed by atoms with Crippen LogP contribution in [0.1, 0.15) is 18.9 Å². The number of piperidine rings is 1. The number of hydrogen-bond acceptors (Lipinski definition) is 6. The monoisotopic (exact) mass is 402 g/mol. The lowest BCUT2D eigenvalue weighted by molar-refractivity contribution is 0.126. The Morgan fingerprint density at radius 1 is 1.32 bits per heavy atom. The number of carbonyl (C=O) groups excluding carboxylic acids is 1. The zero-order chi connectivity index (χ0) is 20.3. The van der Waals surface area contributed by atoms with E-state index in [1.54, 1.807) is 26.2 Å². The predicted octanol–water partition coefficient (Wildman–Crippen LogP) is 3.45. The molecule has 1 saturated heterocycles. The van der Waals surface area contributed by atoms with Gasteiger partial charge in [0.25, 0.3) is 0 Å². The number of nitrogens with one attached hydrogen (secondary N) is 4. The highest BCUT2D eigenvalue weighted by Gasteiger charge is 2.30. The van der Waals surface area contributed by atoms with Crippen molar-refractivity contribution in [1.29, 1.82) is 10.8 Å². The molecule has 9 heteroatoms. The van der Waals surface area contributed by atoms with Crippen molar-refractivity contribution in [1.82, 2.24) is 15.2 Å². The number of rotatable bonds is 3. The van der Waals surface area contributed by atoms with Crippen LogP contribution >= 0.6 is 11.8 Å². The quantitative estimate of drug-likeness (QED) is 0.466. The molecule has 1 fully saturated rings. The van der Waals surface area contributed by atoms with Crippen LogP contribution in [0.5, 0.6) is 0 Å². The lowest BCUT2D eigenvalue weighted by Crippen LogP contribution is -2.52. The summed E-state index contributed by atoms with van der Waals surface area (Å²) in [6, 6.07) is 6.64. The minimum atomic E-state index is -1.10. The van der Waals surface area contributed by atoms with Gasteiger partial charge in [-0.1, -0.05) is 23.9 Å². The zero-order valence-electron chi connectivity index (χ0n) is 15.8. The zero-order valence-corrected chi connectivity index (χ0v) is 16.6. The second kappa shape index (κ2) is 8.66. The maximum Gasteiger partial charge on any atom is 0.323 e. The van der Waals surface area contributed by atoms with E-state index in [1.165, 1.54) is 4.90 Å². The fourth-order valence-electron chi connectivity index (χ4n) is 3.17. The molecule has 0 spiro atoms. The van der Waals surface area contributed by atoms with Gasteiger partial charge < -0.3 is 10.2 Å². The van der Waals surface area contributed by atoms with Crippen molar-refractivity contribution in [3.63, 3.8) is 0 Å². The van der Waals surface area contributed by atoms with E-state index in [2.05, 4.69) is 15.6 Å². The summed E-state index contributed by atoms with van der Waals surface area (Å²) in [5.74, 6) is 0.378. The molecule has 1 aromatic carbocycles. The maximum atomic E-state index is 14.1. The van der Waals surface area contributed by atoms with Crippen LogP contribution in [-0.2, 0) is 0 Å². The molecular formula is C19H23FN6OS. The Labute approximate surface area is 167 Å². The number of fused-ring (bicyclic) bond motifs is 1. The van der Waals surface area contributed by atoms with Gasteiger partial charge in [-0.3, -0.25) is 16.1 Å². The third-order valence-corrected chi connectivity index (χ3v) is 5.42. The molecule has 2 amide bonds. The van der Waals surface area contributed by atoms with E-state index in [9.17, 15) is 9.18 Å². The van der Waals surface area contributed by atoms with Gasteiger partial charge in [-0.2, -0.15) is 0 Å². The number of pyridine rings is 1. The smallest absolute Gasteiger partial charge is 0.321 e. The minimum absolute atomic E-state index is 0.0480. The van der Waals surface area contributed by atoms with Crippen LogP contribution in [0.15, 0.2) is 30.5 Å². The van der Waals surface area contributed by atoms with Crippen molar-refractivity contribution in [3.05, 3.63) is 36.0 Å². The summed E-state index contributed by atoms with van der Waals surface area (Å²) in [4.78, 5) is 18.2. The highest BCUT2D eigenvalue weighted by atomic mass is 32.2. The molecular weight excluding hydrogens is 379 g/mol. The lowest BCUT2D eigenvalue weighted by atomic mass is 10.0. The van der Waals surface area contributed by atoms with Crippen molar-refractivity contribution < 1.29 is 9.18 Å². The minimum Gasteiger partial charge on any atom is -0.321 e. The largest absolute Gasteiger partial charge is 0.323 e. The molecule has 0 aliphatic carbocycles. The van der Waals surface area contributed by atoms with Crippen LogP contribution in [0.2, 0.25) is 0 Å². The van der Waals surface area contributed by atoms with Gasteiger partial charge in [-0.15, -0.1) is 0 Å². The number of halogens is 1. The third kappa shape index (κ3) is 4.66. The summed E-state index contributed by atoms with van der Waals surface area (Å²) >= 11 is 1.09. The van der Waals surface area contributed by atoms with Crippen molar-refractivity contribution >= 4 is 44.5 Å². The molecule has 2 heterocycles. The van der Waals surface area contributed by atoms with Crippen LogP contribution < -0.4 is 10.6 Å². The van der Waals surface area contributed by atoms with E-state index >= 15 is 0 Å². The number of urea groups is 1. The number of amides is 2. The Kier molecular flexibility index (Phi) is 6.25. The number of carbonyl (C=O) groups is 1. The molecule has 1 aromatic heterocycles. The SMILES string of the molecule is CN[C@@H]1CCN(C(=O)Nc2cc3cc(C(=N)SC(C)=N)ccc3cn2)C[C@@H]1F. The topological polar surface area (TPSA) is 105 Å².